The van der Waals surface area contributed by atoms with Gasteiger partial charge in [-0.3, -0.25) is 9.69 Å². The predicted molar refractivity (Wildman–Crippen MR) is 91.8 cm³/mol. The minimum Gasteiger partial charge on any atom is -0.460 e. The van der Waals surface area contributed by atoms with E-state index < -0.39 is 11.1 Å². The Kier molecular flexibility index (Phi) is 4.71. The summed E-state index contributed by atoms with van der Waals surface area (Å²) in [5, 5.41) is 10.7. The van der Waals surface area contributed by atoms with Crippen molar-refractivity contribution in [3.63, 3.8) is 0 Å². The van der Waals surface area contributed by atoms with Crippen LogP contribution in [0, 0.1) is 5.92 Å². The third-order valence-electron chi connectivity index (χ3n) is 6.53. The van der Waals surface area contributed by atoms with Crippen LogP contribution >= 0.6 is 0 Å². The molecule has 25 heavy (non-hydrogen) atoms. The molecule has 0 amide bonds. The van der Waals surface area contributed by atoms with Crippen LogP contribution in [0.25, 0.3) is 0 Å². The van der Waals surface area contributed by atoms with Gasteiger partial charge in [0.05, 0.1) is 17.6 Å². The van der Waals surface area contributed by atoms with E-state index in [0.717, 1.165) is 25.9 Å². The second-order valence-electron chi connectivity index (χ2n) is 8.12. The lowest BCUT2D eigenvalue weighted by atomic mass is 9.82. The quantitative estimate of drug-likeness (QED) is 0.530. The van der Waals surface area contributed by atoms with Crippen molar-refractivity contribution in [2.75, 3.05) is 13.1 Å². The zero-order valence-corrected chi connectivity index (χ0v) is 15.6. The summed E-state index contributed by atoms with van der Waals surface area (Å²) in [6, 6.07) is 0. The van der Waals surface area contributed by atoms with Crippen LogP contribution in [0.15, 0.2) is 11.6 Å². The molecule has 3 rings (SSSR count). The van der Waals surface area contributed by atoms with Gasteiger partial charge in [0.25, 0.3) is 0 Å². The van der Waals surface area contributed by atoms with Crippen LogP contribution in [0.3, 0.4) is 0 Å². The number of hydrogen-bond donors (Lipinski definition) is 1. The van der Waals surface area contributed by atoms with Crippen molar-refractivity contribution in [1.29, 1.82) is 0 Å². The number of aliphatic hydroxyl groups is 1. The van der Waals surface area contributed by atoms with Gasteiger partial charge < -0.3 is 14.6 Å². The second kappa shape index (κ2) is 6.40. The van der Waals surface area contributed by atoms with Gasteiger partial charge in [-0.25, -0.2) is 4.79 Å². The summed E-state index contributed by atoms with van der Waals surface area (Å²) in [4.78, 5) is 27.4. The Balaban J connectivity index is 1.95. The molecule has 2 unspecified atom stereocenters. The fourth-order valence-electron chi connectivity index (χ4n) is 4.44. The lowest BCUT2D eigenvalue weighted by molar-refractivity contribution is -0.167. The number of rotatable bonds is 0. The van der Waals surface area contributed by atoms with Gasteiger partial charge in [0.15, 0.2) is 0 Å². The summed E-state index contributed by atoms with van der Waals surface area (Å²) in [7, 11) is 0. The summed E-state index contributed by atoms with van der Waals surface area (Å²) < 4.78 is 11.6. The van der Waals surface area contributed by atoms with Crippen molar-refractivity contribution in [3.05, 3.63) is 11.6 Å². The molecule has 0 aromatic heterocycles. The normalized spacial score (nSPS) is 44.7. The molecular weight excluding hydrogens is 322 g/mol. The first-order valence-corrected chi connectivity index (χ1v) is 9.21. The molecule has 0 radical (unpaired) electrons. The number of carbonyl (C=O) groups excluding carboxylic acids is 2. The lowest BCUT2D eigenvalue weighted by Gasteiger charge is -2.39. The molecule has 3 aliphatic rings. The molecule has 3 aliphatic heterocycles. The monoisotopic (exact) mass is 351 g/mol. The predicted octanol–water partition coefficient (Wildman–Crippen LogP) is 1.81. The van der Waals surface area contributed by atoms with E-state index in [0.29, 0.717) is 12.0 Å². The highest BCUT2D eigenvalue weighted by Gasteiger charge is 2.58. The van der Waals surface area contributed by atoms with Gasteiger partial charge in [-0.05, 0) is 46.0 Å². The third kappa shape index (κ3) is 3.10. The van der Waals surface area contributed by atoms with Crippen molar-refractivity contribution >= 4 is 11.9 Å². The molecule has 5 atom stereocenters. The van der Waals surface area contributed by atoms with Crippen molar-refractivity contribution in [3.8, 4) is 0 Å². The average Bonchev–Trinajstić information content (AvgIpc) is 3.00. The molecular formula is C19H29NO5. The summed E-state index contributed by atoms with van der Waals surface area (Å²) in [5.74, 6) is -0.978. The summed E-state index contributed by atoms with van der Waals surface area (Å²) in [6.45, 7) is 8.95. The lowest BCUT2D eigenvalue weighted by Crippen LogP contribution is -2.54. The number of nitrogens with zero attached hydrogens (tertiary/aromatic N) is 1. The Labute approximate surface area is 149 Å². The van der Waals surface area contributed by atoms with Gasteiger partial charge in [0, 0.05) is 18.7 Å². The van der Waals surface area contributed by atoms with Crippen molar-refractivity contribution in [1.82, 2.24) is 4.90 Å². The Bertz CT molecular complexity index is 599. The number of hydrogen-bond acceptors (Lipinski definition) is 6. The molecule has 0 aromatic carbocycles. The molecule has 140 valence electrons. The van der Waals surface area contributed by atoms with E-state index in [4.69, 9.17) is 9.47 Å². The van der Waals surface area contributed by atoms with Crippen LogP contribution in [-0.2, 0) is 19.1 Å². The summed E-state index contributed by atoms with van der Waals surface area (Å²) >= 11 is 0. The standard InChI is InChI=1S/C19H29NO5/c1-5-13-10-12(2)18(3,23)11-16(21)24-14-6-8-20-9-7-15(19(14,20)4)25-17(13)22/h5,12,14-15,23H,6-11H2,1-4H3/b13-5-/t12?,14-,15+,18?,19+/m0/s1. The molecule has 1 N–H and O–H groups in total. The third-order valence-corrected chi connectivity index (χ3v) is 6.53. The maximum absolute atomic E-state index is 12.7. The van der Waals surface area contributed by atoms with Crippen LogP contribution in [0.2, 0.25) is 0 Å². The van der Waals surface area contributed by atoms with Gasteiger partial charge in [-0.2, -0.15) is 0 Å². The van der Waals surface area contributed by atoms with Crippen LogP contribution in [-0.4, -0.2) is 58.4 Å². The highest BCUT2D eigenvalue weighted by Crippen LogP contribution is 2.43. The molecule has 0 spiro atoms. The van der Waals surface area contributed by atoms with E-state index in [2.05, 4.69) is 4.90 Å². The van der Waals surface area contributed by atoms with Crippen LogP contribution in [0.1, 0.15) is 53.4 Å². The van der Waals surface area contributed by atoms with E-state index in [1.54, 1.807) is 19.9 Å². The maximum Gasteiger partial charge on any atom is 0.334 e. The molecule has 3 heterocycles. The SMILES string of the molecule is C/C=C1/CC(C)C(C)(O)CC(=O)O[C@H]2CCN3CC[C@@H](OC1=O)[C@@]23C. The number of ether oxygens (including phenoxy) is 2. The highest BCUT2D eigenvalue weighted by molar-refractivity contribution is 5.88. The van der Waals surface area contributed by atoms with Gasteiger partial charge in [-0.1, -0.05) is 13.0 Å². The van der Waals surface area contributed by atoms with Gasteiger partial charge in [0.1, 0.15) is 12.2 Å². The molecule has 0 aliphatic carbocycles. The van der Waals surface area contributed by atoms with E-state index in [-0.39, 0.29) is 36.5 Å². The number of carbonyl (C=O) groups is 2. The van der Waals surface area contributed by atoms with Gasteiger partial charge in [-0.15, -0.1) is 0 Å². The molecule has 0 aromatic rings. The van der Waals surface area contributed by atoms with E-state index >= 15 is 0 Å². The molecule has 3 saturated heterocycles. The number of esters is 2. The Morgan fingerprint density at radius 2 is 1.76 bits per heavy atom. The van der Waals surface area contributed by atoms with Crippen LogP contribution in [0.4, 0.5) is 0 Å². The fraction of sp³-hybridized carbons (Fsp3) is 0.789. The van der Waals surface area contributed by atoms with Crippen molar-refractivity contribution in [2.24, 2.45) is 5.92 Å². The molecule has 0 bridgehead atoms. The minimum atomic E-state index is -1.24. The van der Waals surface area contributed by atoms with Gasteiger partial charge in [0.2, 0.25) is 0 Å². The Hall–Kier alpha value is -1.40. The van der Waals surface area contributed by atoms with E-state index in [1.807, 2.05) is 13.8 Å². The van der Waals surface area contributed by atoms with E-state index in [1.165, 1.54) is 0 Å². The van der Waals surface area contributed by atoms with Crippen LogP contribution < -0.4 is 0 Å². The average molecular weight is 351 g/mol. The zero-order chi connectivity index (χ0) is 18.4. The zero-order valence-electron chi connectivity index (χ0n) is 15.6. The first-order chi connectivity index (χ1) is 11.7. The highest BCUT2D eigenvalue weighted by atomic mass is 16.6. The first kappa shape index (κ1) is 18.4. The molecule has 0 saturated carbocycles. The maximum atomic E-state index is 12.7. The second-order valence-corrected chi connectivity index (χ2v) is 8.12. The summed E-state index contributed by atoms with van der Waals surface area (Å²) in [6.07, 6.45) is 2.92. The first-order valence-electron chi connectivity index (χ1n) is 9.21. The Morgan fingerprint density at radius 3 is 2.36 bits per heavy atom. The van der Waals surface area contributed by atoms with Crippen molar-refractivity contribution < 1.29 is 24.2 Å². The van der Waals surface area contributed by atoms with Gasteiger partial charge >= 0.3 is 11.9 Å². The van der Waals surface area contributed by atoms with Crippen LogP contribution in [0.5, 0.6) is 0 Å². The topological polar surface area (TPSA) is 76.1 Å². The van der Waals surface area contributed by atoms with Crippen molar-refractivity contribution in [2.45, 2.75) is 76.7 Å². The minimum absolute atomic E-state index is 0.0720. The molecule has 6 nitrogen and oxygen atoms in total. The Morgan fingerprint density at radius 1 is 1.16 bits per heavy atom. The fourth-order valence-corrected chi connectivity index (χ4v) is 4.44. The van der Waals surface area contributed by atoms with E-state index in [9.17, 15) is 14.7 Å². The largest absolute Gasteiger partial charge is 0.460 e. The molecule has 3 fully saturated rings. The summed E-state index contributed by atoms with van der Waals surface area (Å²) in [5.41, 5.74) is -1.17. The smallest absolute Gasteiger partial charge is 0.334 e. The molecule has 6 heteroatoms. The number of allylic oxidation sites excluding steroid dienone is 1.